The Morgan fingerprint density at radius 1 is 1.12 bits per heavy atom. The van der Waals surface area contributed by atoms with Crippen LogP contribution in [0.4, 0.5) is 17.6 Å². The fraction of sp³-hybridized carbons (Fsp3) is 0.333. The molecule has 0 aliphatic carbocycles. The third kappa shape index (κ3) is 6.39. The highest BCUT2D eigenvalue weighted by molar-refractivity contribution is 7.15. The van der Waals surface area contributed by atoms with E-state index in [0.29, 0.717) is 16.1 Å². The second kappa shape index (κ2) is 10.9. The number of aryl methyl sites for hydroxylation is 1. The van der Waals surface area contributed by atoms with Gasteiger partial charge in [-0.1, -0.05) is 37.6 Å². The molecule has 0 aliphatic heterocycles. The van der Waals surface area contributed by atoms with Gasteiger partial charge in [0.1, 0.15) is 11.7 Å². The van der Waals surface area contributed by atoms with Crippen LogP contribution in [0.2, 0.25) is 0 Å². The molecular weight excluding hydrogens is 458 g/mol. The first-order valence-electron chi connectivity index (χ1n) is 10.4. The zero-order chi connectivity index (χ0) is 24.0. The van der Waals surface area contributed by atoms with Crippen molar-refractivity contribution >= 4 is 17.3 Å². The molecule has 0 fully saturated rings. The summed E-state index contributed by atoms with van der Waals surface area (Å²) in [6.07, 6.45) is -1.78. The quantitative estimate of drug-likeness (QED) is 0.315. The van der Waals surface area contributed by atoms with Crippen molar-refractivity contribution in [1.29, 1.82) is 0 Å². The van der Waals surface area contributed by atoms with Crippen molar-refractivity contribution in [2.24, 2.45) is 0 Å². The van der Waals surface area contributed by atoms with Crippen LogP contribution in [0.1, 0.15) is 57.4 Å². The van der Waals surface area contributed by atoms with Gasteiger partial charge in [-0.15, -0.1) is 11.3 Å². The lowest BCUT2D eigenvalue weighted by molar-refractivity contribution is -0.137. The number of carboxylic acid groups (broad SMARTS) is 1. The molecule has 0 amide bonds. The topological polar surface area (TPSA) is 59.4 Å². The Hall–Kier alpha value is -2.78. The van der Waals surface area contributed by atoms with Gasteiger partial charge in [0.2, 0.25) is 0 Å². The molecule has 2 aromatic carbocycles. The summed E-state index contributed by atoms with van der Waals surface area (Å²) in [6, 6.07) is 9.33. The average molecular weight is 482 g/mol. The minimum Gasteiger partial charge on any atom is -0.478 e. The van der Waals surface area contributed by atoms with Crippen molar-refractivity contribution in [2.75, 3.05) is 0 Å². The second-order valence-electron chi connectivity index (χ2n) is 7.49. The van der Waals surface area contributed by atoms with E-state index in [1.807, 2.05) is 0 Å². The van der Waals surface area contributed by atoms with Crippen molar-refractivity contribution in [2.45, 2.75) is 52.3 Å². The van der Waals surface area contributed by atoms with Crippen LogP contribution in [0.3, 0.4) is 0 Å². The first kappa shape index (κ1) is 24.9. The lowest BCUT2D eigenvalue weighted by Crippen LogP contribution is -2.03. The Morgan fingerprint density at radius 3 is 2.45 bits per heavy atom. The zero-order valence-corrected chi connectivity index (χ0v) is 18.7. The van der Waals surface area contributed by atoms with Crippen LogP contribution >= 0.6 is 11.3 Å². The Balaban J connectivity index is 1.74. The van der Waals surface area contributed by atoms with Crippen molar-refractivity contribution in [3.05, 3.63) is 75.3 Å². The number of aromatic carboxylic acids is 1. The highest BCUT2D eigenvalue weighted by Gasteiger charge is 2.30. The van der Waals surface area contributed by atoms with E-state index < -0.39 is 24.4 Å². The molecule has 0 radical (unpaired) electrons. The molecule has 0 saturated heterocycles. The maximum atomic E-state index is 13.2. The normalized spacial score (nSPS) is 11.7. The molecule has 33 heavy (non-hydrogen) atoms. The number of unbranched alkanes of at least 4 members (excludes halogenated alkanes) is 1. The van der Waals surface area contributed by atoms with Gasteiger partial charge in [-0.05, 0) is 42.2 Å². The van der Waals surface area contributed by atoms with E-state index in [0.717, 1.165) is 42.0 Å². The number of ether oxygens (including phenoxy) is 1. The number of rotatable bonds is 10. The summed E-state index contributed by atoms with van der Waals surface area (Å²) in [7, 11) is 0. The zero-order valence-electron chi connectivity index (χ0n) is 17.9. The molecule has 0 atom stereocenters. The molecule has 0 bridgehead atoms. The van der Waals surface area contributed by atoms with E-state index in [1.165, 1.54) is 35.6 Å². The van der Waals surface area contributed by atoms with Crippen molar-refractivity contribution in [3.8, 4) is 10.6 Å². The SMILES string of the molecule is CCCCc1nc(-c2ccc(C(F)(F)F)cc2)sc1COCc1ccc(C(=O)O)c(CF)c1. The van der Waals surface area contributed by atoms with Crippen molar-refractivity contribution < 1.29 is 32.2 Å². The minimum absolute atomic E-state index is 0.0771. The molecule has 1 N–H and O–H groups in total. The van der Waals surface area contributed by atoms with Gasteiger partial charge < -0.3 is 9.84 Å². The van der Waals surface area contributed by atoms with E-state index in [-0.39, 0.29) is 24.3 Å². The predicted octanol–water partition coefficient (Wildman–Crippen LogP) is 7.06. The fourth-order valence-electron chi connectivity index (χ4n) is 3.28. The van der Waals surface area contributed by atoms with Gasteiger partial charge in [0.05, 0.1) is 34.9 Å². The Morgan fingerprint density at radius 2 is 1.85 bits per heavy atom. The molecule has 0 saturated carbocycles. The number of nitrogens with zero attached hydrogens (tertiary/aromatic N) is 1. The third-order valence-corrected chi connectivity index (χ3v) is 6.17. The summed E-state index contributed by atoms with van der Waals surface area (Å²) in [5, 5.41) is 9.73. The molecule has 1 heterocycles. The largest absolute Gasteiger partial charge is 0.478 e. The number of hydrogen-bond acceptors (Lipinski definition) is 4. The van der Waals surface area contributed by atoms with Crippen LogP contribution in [0.15, 0.2) is 42.5 Å². The van der Waals surface area contributed by atoms with Crippen LogP contribution in [0.5, 0.6) is 0 Å². The number of carboxylic acids is 1. The molecule has 3 rings (SSSR count). The fourth-order valence-corrected chi connectivity index (χ4v) is 4.33. The summed E-state index contributed by atoms with van der Waals surface area (Å²) < 4.78 is 57.5. The number of benzene rings is 2. The molecule has 0 spiro atoms. The molecule has 0 unspecified atom stereocenters. The molecule has 0 aliphatic rings. The number of hydrogen-bond donors (Lipinski definition) is 1. The third-order valence-electron chi connectivity index (χ3n) is 5.05. The lowest BCUT2D eigenvalue weighted by Gasteiger charge is -2.08. The van der Waals surface area contributed by atoms with Gasteiger partial charge in [0, 0.05) is 5.56 Å². The smallest absolute Gasteiger partial charge is 0.416 e. The number of halogens is 4. The summed E-state index contributed by atoms with van der Waals surface area (Å²) in [4.78, 5) is 16.7. The Labute approximate surface area is 192 Å². The summed E-state index contributed by atoms with van der Waals surface area (Å²) in [5.41, 5.74) is 1.41. The van der Waals surface area contributed by atoms with E-state index in [9.17, 15) is 22.4 Å². The Bertz CT molecular complexity index is 1090. The van der Waals surface area contributed by atoms with E-state index in [4.69, 9.17) is 9.84 Å². The van der Waals surface area contributed by atoms with E-state index in [1.54, 1.807) is 6.07 Å². The van der Waals surface area contributed by atoms with Gasteiger partial charge in [0.25, 0.3) is 0 Å². The standard InChI is InChI=1S/C24H23F4NO3S/c1-2-3-4-20-21(14-32-13-15-5-10-19(23(30)31)17(11-15)12-25)33-22(29-20)16-6-8-18(9-7-16)24(26,27)28/h5-11H,2-4,12-14H2,1H3,(H,30,31). The molecule has 4 nitrogen and oxygen atoms in total. The Kier molecular flexibility index (Phi) is 8.20. The monoisotopic (exact) mass is 481 g/mol. The lowest BCUT2D eigenvalue weighted by atomic mass is 10.1. The second-order valence-corrected chi connectivity index (χ2v) is 8.57. The van der Waals surface area contributed by atoms with Crippen LogP contribution in [-0.2, 0) is 37.2 Å². The molecular formula is C24H23F4NO3S. The molecule has 3 aromatic rings. The number of thiazole rings is 1. The van der Waals surface area contributed by atoms with E-state index >= 15 is 0 Å². The number of aromatic nitrogens is 1. The predicted molar refractivity (Wildman–Crippen MR) is 118 cm³/mol. The maximum Gasteiger partial charge on any atom is 0.416 e. The highest BCUT2D eigenvalue weighted by atomic mass is 32.1. The van der Waals surface area contributed by atoms with Crippen LogP contribution in [0.25, 0.3) is 10.6 Å². The van der Waals surface area contributed by atoms with Crippen LogP contribution in [0, 0.1) is 0 Å². The van der Waals surface area contributed by atoms with Crippen LogP contribution < -0.4 is 0 Å². The highest BCUT2D eigenvalue weighted by Crippen LogP contribution is 2.33. The van der Waals surface area contributed by atoms with E-state index in [2.05, 4.69) is 11.9 Å². The summed E-state index contributed by atoms with van der Waals surface area (Å²) in [6.45, 7) is 1.57. The molecule has 1 aromatic heterocycles. The van der Waals surface area contributed by atoms with Gasteiger partial charge in [0.15, 0.2) is 0 Å². The van der Waals surface area contributed by atoms with Crippen molar-refractivity contribution in [3.63, 3.8) is 0 Å². The minimum atomic E-state index is -4.39. The van der Waals surface area contributed by atoms with Gasteiger partial charge in [-0.3, -0.25) is 0 Å². The van der Waals surface area contributed by atoms with Gasteiger partial charge in [-0.2, -0.15) is 13.2 Å². The molecule has 176 valence electrons. The molecule has 9 heteroatoms. The average Bonchev–Trinajstić information content (AvgIpc) is 3.19. The summed E-state index contributed by atoms with van der Waals surface area (Å²) >= 11 is 1.37. The van der Waals surface area contributed by atoms with Gasteiger partial charge in [-0.25, -0.2) is 14.2 Å². The maximum absolute atomic E-state index is 13.2. The summed E-state index contributed by atoms with van der Waals surface area (Å²) in [5.74, 6) is -1.18. The van der Waals surface area contributed by atoms with Gasteiger partial charge >= 0.3 is 12.1 Å². The first-order chi connectivity index (χ1) is 15.7. The number of alkyl halides is 4. The number of carbonyl (C=O) groups is 1. The first-order valence-corrected chi connectivity index (χ1v) is 11.2. The van der Waals surface area contributed by atoms with Crippen molar-refractivity contribution in [1.82, 2.24) is 4.98 Å². The van der Waals surface area contributed by atoms with Crippen LogP contribution in [-0.4, -0.2) is 16.1 Å².